The van der Waals surface area contributed by atoms with E-state index in [-0.39, 0.29) is 19.2 Å². The van der Waals surface area contributed by atoms with Crippen LogP contribution in [0.3, 0.4) is 0 Å². The van der Waals surface area contributed by atoms with Gasteiger partial charge < -0.3 is 23.7 Å². The summed E-state index contributed by atoms with van der Waals surface area (Å²) in [5.74, 6) is -0.267. The van der Waals surface area contributed by atoms with Crippen LogP contribution in [0.4, 0.5) is 0 Å². The summed E-state index contributed by atoms with van der Waals surface area (Å²) in [4.78, 5) is 25.8. The van der Waals surface area contributed by atoms with Crippen molar-refractivity contribution in [2.75, 3.05) is 12.9 Å². The fraction of sp³-hybridized carbons (Fsp3) is 0.500. The largest absolute Gasteiger partial charge is 0.467 e. The molecule has 7 nitrogen and oxygen atoms in total. The fourth-order valence-electron chi connectivity index (χ4n) is 3.75. The third-order valence-electron chi connectivity index (χ3n) is 5.69. The maximum atomic E-state index is 13.0. The zero-order chi connectivity index (χ0) is 26.1. The summed E-state index contributed by atoms with van der Waals surface area (Å²) in [5, 5.41) is 0. The number of carbonyl (C=O) groups is 2. The van der Waals surface area contributed by atoms with Crippen LogP contribution in [0.2, 0.25) is 0 Å². The number of methoxy groups -OCH3 is 1. The third-order valence-corrected chi connectivity index (χ3v) is 6.73. The quantitative estimate of drug-likeness (QED) is 0.418. The lowest BCUT2D eigenvalue weighted by atomic mass is 9.95. The van der Waals surface area contributed by atoms with Gasteiger partial charge in [-0.05, 0) is 37.7 Å². The molecule has 1 saturated heterocycles. The SMILES string of the molecule is CCS[C@@H]1O[C@H](C(=O)OC)[C@@H](OCc2ccccc2)[C@H](OCc2ccccc2)[C@H]1OC(=O)C(C)(C)C. The summed E-state index contributed by atoms with van der Waals surface area (Å²) in [6.45, 7) is 7.82. The zero-order valence-corrected chi connectivity index (χ0v) is 22.4. The highest BCUT2D eigenvalue weighted by atomic mass is 32.2. The highest BCUT2D eigenvalue weighted by Crippen LogP contribution is 2.36. The highest BCUT2D eigenvalue weighted by molar-refractivity contribution is 7.99. The summed E-state index contributed by atoms with van der Waals surface area (Å²) in [7, 11) is 1.31. The van der Waals surface area contributed by atoms with Gasteiger partial charge in [-0.25, -0.2) is 4.79 Å². The van der Waals surface area contributed by atoms with Crippen LogP contribution in [0, 0.1) is 5.41 Å². The molecule has 0 saturated carbocycles. The van der Waals surface area contributed by atoms with Crippen LogP contribution in [0.25, 0.3) is 0 Å². The monoisotopic (exact) mass is 516 g/mol. The second-order valence-corrected chi connectivity index (χ2v) is 10.9. The second kappa shape index (κ2) is 13.2. The summed E-state index contributed by atoms with van der Waals surface area (Å²) in [6.07, 6.45) is -3.49. The van der Waals surface area contributed by atoms with Gasteiger partial charge in [0.15, 0.2) is 12.2 Å². The van der Waals surface area contributed by atoms with Crippen molar-refractivity contribution in [1.29, 1.82) is 0 Å². The minimum Gasteiger partial charge on any atom is -0.467 e. The Balaban J connectivity index is 1.97. The molecule has 1 heterocycles. The molecule has 0 amide bonds. The number of carbonyl (C=O) groups excluding carboxylic acids is 2. The molecule has 1 aliphatic heterocycles. The predicted molar refractivity (Wildman–Crippen MR) is 138 cm³/mol. The van der Waals surface area contributed by atoms with Crippen molar-refractivity contribution in [3.63, 3.8) is 0 Å². The molecule has 3 rings (SSSR count). The lowest BCUT2D eigenvalue weighted by Gasteiger charge is -2.45. The Kier molecular flexibility index (Phi) is 10.4. The molecule has 0 unspecified atom stereocenters. The molecule has 5 atom stereocenters. The topological polar surface area (TPSA) is 80.3 Å². The molecular formula is C28H36O7S. The van der Waals surface area contributed by atoms with E-state index < -0.39 is 41.2 Å². The van der Waals surface area contributed by atoms with E-state index in [4.69, 9.17) is 23.7 Å². The Bertz CT molecular complexity index is 961. The molecule has 0 radical (unpaired) electrons. The van der Waals surface area contributed by atoms with E-state index in [1.165, 1.54) is 18.9 Å². The first kappa shape index (κ1) is 28.2. The van der Waals surface area contributed by atoms with Crippen molar-refractivity contribution in [2.45, 2.75) is 70.8 Å². The molecular weight excluding hydrogens is 480 g/mol. The standard InChI is InChI=1S/C28H36O7S/c1-6-36-26-24(35-27(30)28(2,3)4)22(33-18-20-15-11-8-12-16-20)21(23(34-26)25(29)31-5)32-17-19-13-9-7-10-14-19/h7-16,21-24,26H,6,17-18H2,1-5H3/t21-,22-,23-,24+,26-/m0/s1. The van der Waals surface area contributed by atoms with E-state index in [1.54, 1.807) is 20.8 Å². The first-order valence-electron chi connectivity index (χ1n) is 12.1. The van der Waals surface area contributed by atoms with Crippen LogP contribution < -0.4 is 0 Å². The van der Waals surface area contributed by atoms with Gasteiger partial charge in [-0.2, -0.15) is 0 Å². The number of thioether (sulfide) groups is 1. The van der Waals surface area contributed by atoms with Crippen LogP contribution in [0.1, 0.15) is 38.8 Å². The molecule has 2 aromatic carbocycles. The van der Waals surface area contributed by atoms with Gasteiger partial charge in [0.2, 0.25) is 0 Å². The molecule has 36 heavy (non-hydrogen) atoms. The highest BCUT2D eigenvalue weighted by Gasteiger charge is 2.53. The molecule has 0 spiro atoms. The first-order chi connectivity index (χ1) is 17.2. The summed E-state index contributed by atoms with van der Waals surface area (Å²) in [5.41, 5.74) is 0.505. The predicted octanol–water partition coefficient (Wildman–Crippen LogP) is 4.77. The average molecular weight is 517 g/mol. The molecule has 0 aliphatic carbocycles. The first-order valence-corrected chi connectivity index (χ1v) is 13.2. The molecule has 0 bridgehead atoms. The van der Waals surface area contributed by atoms with Gasteiger partial charge in [0.25, 0.3) is 0 Å². The molecule has 1 fully saturated rings. The average Bonchev–Trinajstić information content (AvgIpc) is 2.87. The maximum Gasteiger partial charge on any atom is 0.337 e. The zero-order valence-electron chi connectivity index (χ0n) is 21.5. The van der Waals surface area contributed by atoms with Crippen LogP contribution in [0.15, 0.2) is 60.7 Å². The lowest BCUT2D eigenvalue weighted by Crippen LogP contribution is -2.62. The van der Waals surface area contributed by atoms with E-state index in [9.17, 15) is 9.59 Å². The molecule has 196 valence electrons. The van der Waals surface area contributed by atoms with Gasteiger partial charge in [0.05, 0.1) is 25.7 Å². The van der Waals surface area contributed by atoms with E-state index in [2.05, 4.69) is 0 Å². The normalized spacial score (nSPS) is 24.2. The Morgan fingerprint density at radius 3 is 1.86 bits per heavy atom. The Morgan fingerprint density at radius 2 is 1.39 bits per heavy atom. The number of benzene rings is 2. The Hall–Kier alpha value is -2.39. The van der Waals surface area contributed by atoms with E-state index in [1.807, 2.05) is 67.6 Å². The molecule has 2 aromatic rings. The number of ether oxygens (including phenoxy) is 5. The van der Waals surface area contributed by atoms with Crippen molar-refractivity contribution in [3.8, 4) is 0 Å². The molecule has 0 N–H and O–H groups in total. The molecule has 8 heteroatoms. The van der Waals surface area contributed by atoms with Crippen molar-refractivity contribution < 1.29 is 33.3 Å². The van der Waals surface area contributed by atoms with Crippen molar-refractivity contribution in [1.82, 2.24) is 0 Å². The van der Waals surface area contributed by atoms with Gasteiger partial charge in [0, 0.05) is 0 Å². The van der Waals surface area contributed by atoms with E-state index in [0.29, 0.717) is 5.75 Å². The van der Waals surface area contributed by atoms with Crippen LogP contribution in [-0.2, 0) is 46.5 Å². The van der Waals surface area contributed by atoms with Gasteiger partial charge in [-0.15, -0.1) is 11.8 Å². The Labute approximate surface area is 217 Å². The van der Waals surface area contributed by atoms with Crippen LogP contribution >= 0.6 is 11.8 Å². The third kappa shape index (κ3) is 7.56. The number of hydrogen-bond acceptors (Lipinski definition) is 8. The maximum absolute atomic E-state index is 13.0. The van der Waals surface area contributed by atoms with Gasteiger partial charge >= 0.3 is 11.9 Å². The van der Waals surface area contributed by atoms with Crippen molar-refractivity contribution in [2.24, 2.45) is 5.41 Å². The Morgan fingerprint density at radius 1 is 0.861 bits per heavy atom. The minimum atomic E-state index is -1.05. The second-order valence-electron chi connectivity index (χ2n) is 9.55. The van der Waals surface area contributed by atoms with Gasteiger partial charge in [-0.1, -0.05) is 67.6 Å². The fourth-order valence-corrected chi connectivity index (χ4v) is 4.67. The van der Waals surface area contributed by atoms with Crippen molar-refractivity contribution in [3.05, 3.63) is 71.8 Å². The summed E-state index contributed by atoms with van der Waals surface area (Å²) < 4.78 is 30.0. The minimum absolute atomic E-state index is 0.221. The smallest absolute Gasteiger partial charge is 0.337 e. The van der Waals surface area contributed by atoms with E-state index >= 15 is 0 Å². The number of rotatable bonds is 10. The summed E-state index contributed by atoms with van der Waals surface area (Å²) >= 11 is 1.44. The van der Waals surface area contributed by atoms with Gasteiger partial charge in [-0.3, -0.25) is 4.79 Å². The lowest BCUT2D eigenvalue weighted by molar-refractivity contribution is -0.246. The van der Waals surface area contributed by atoms with Crippen LogP contribution in [-0.4, -0.2) is 54.7 Å². The number of hydrogen-bond donors (Lipinski definition) is 0. The summed E-state index contributed by atoms with van der Waals surface area (Å²) in [6, 6.07) is 19.3. The number of esters is 2. The van der Waals surface area contributed by atoms with Gasteiger partial charge in [0.1, 0.15) is 17.6 Å². The van der Waals surface area contributed by atoms with Crippen molar-refractivity contribution >= 4 is 23.7 Å². The molecule has 1 aliphatic rings. The van der Waals surface area contributed by atoms with E-state index in [0.717, 1.165) is 11.1 Å². The molecule has 0 aromatic heterocycles. The van der Waals surface area contributed by atoms with Crippen LogP contribution in [0.5, 0.6) is 0 Å².